The Bertz CT molecular complexity index is 571. The van der Waals surface area contributed by atoms with E-state index in [9.17, 15) is 22.8 Å². The molecule has 1 aromatic rings. The first kappa shape index (κ1) is 16.3. The molecule has 1 saturated heterocycles. The van der Waals surface area contributed by atoms with E-state index in [0.717, 1.165) is 12.1 Å². The first-order valence-corrected chi connectivity index (χ1v) is 6.88. The maximum atomic E-state index is 13.0. The van der Waals surface area contributed by atoms with Gasteiger partial charge >= 0.3 is 12.1 Å². The molecule has 4 nitrogen and oxygen atoms in total. The molecule has 0 saturated carbocycles. The Morgan fingerprint density at radius 1 is 1.27 bits per heavy atom. The van der Waals surface area contributed by atoms with E-state index >= 15 is 0 Å². The van der Waals surface area contributed by atoms with E-state index in [4.69, 9.17) is 0 Å². The molecule has 22 heavy (non-hydrogen) atoms. The number of halogens is 3. The summed E-state index contributed by atoms with van der Waals surface area (Å²) in [5.41, 5.74) is -1.35. The lowest BCUT2D eigenvalue weighted by atomic mass is 9.96. The third-order valence-electron chi connectivity index (χ3n) is 3.71. The molecule has 1 aromatic carbocycles. The van der Waals surface area contributed by atoms with E-state index in [-0.39, 0.29) is 12.1 Å². The summed E-state index contributed by atoms with van der Waals surface area (Å²) >= 11 is 0. The quantitative estimate of drug-likeness (QED) is 0.788. The van der Waals surface area contributed by atoms with Crippen LogP contribution in [0.2, 0.25) is 0 Å². The molecule has 0 N–H and O–H groups in total. The second-order valence-corrected chi connectivity index (χ2v) is 5.16. The van der Waals surface area contributed by atoms with Gasteiger partial charge in [-0.05, 0) is 25.0 Å². The van der Waals surface area contributed by atoms with Crippen LogP contribution in [0.25, 0.3) is 0 Å². The number of hydrogen-bond acceptors (Lipinski definition) is 3. The Kier molecular flexibility index (Phi) is 4.73. The fourth-order valence-electron chi connectivity index (χ4n) is 2.61. The number of ether oxygens (including phenoxy) is 1. The minimum Gasteiger partial charge on any atom is -0.469 e. The summed E-state index contributed by atoms with van der Waals surface area (Å²) in [7, 11) is 1.25. The number of esters is 1. The zero-order chi connectivity index (χ0) is 16.3. The molecule has 1 atom stereocenters. The van der Waals surface area contributed by atoms with Gasteiger partial charge in [-0.3, -0.25) is 9.59 Å². The first-order chi connectivity index (χ1) is 10.3. The monoisotopic (exact) mass is 315 g/mol. The van der Waals surface area contributed by atoms with Gasteiger partial charge in [-0.15, -0.1) is 0 Å². The molecule has 0 radical (unpaired) electrons. The predicted molar refractivity (Wildman–Crippen MR) is 72.1 cm³/mol. The maximum absolute atomic E-state index is 13.0. The second-order valence-electron chi connectivity index (χ2n) is 5.16. The number of carbonyl (C=O) groups is 2. The van der Waals surface area contributed by atoms with E-state index < -0.39 is 29.5 Å². The smallest absolute Gasteiger partial charge is 0.417 e. The molecule has 120 valence electrons. The fraction of sp³-hybridized carbons (Fsp3) is 0.467. The maximum Gasteiger partial charge on any atom is 0.417 e. The van der Waals surface area contributed by atoms with E-state index in [1.165, 1.54) is 24.1 Å². The zero-order valence-electron chi connectivity index (χ0n) is 12.0. The topological polar surface area (TPSA) is 46.6 Å². The largest absolute Gasteiger partial charge is 0.469 e. The molecule has 1 fully saturated rings. The normalized spacial score (nSPS) is 18.9. The molecule has 0 spiro atoms. The number of benzene rings is 1. The van der Waals surface area contributed by atoms with Crippen LogP contribution in [0.1, 0.15) is 28.8 Å². The summed E-state index contributed by atoms with van der Waals surface area (Å²) in [4.78, 5) is 25.2. The van der Waals surface area contributed by atoms with E-state index in [0.29, 0.717) is 19.4 Å². The molecule has 1 amide bonds. The molecule has 1 heterocycles. The average Bonchev–Trinajstić information content (AvgIpc) is 2.52. The number of carbonyl (C=O) groups excluding carboxylic acids is 2. The van der Waals surface area contributed by atoms with Crippen molar-refractivity contribution in [3.8, 4) is 0 Å². The number of piperidine rings is 1. The highest BCUT2D eigenvalue weighted by Gasteiger charge is 2.37. The van der Waals surface area contributed by atoms with Crippen LogP contribution >= 0.6 is 0 Å². The molecule has 0 bridgehead atoms. The summed E-state index contributed by atoms with van der Waals surface area (Å²) < 4.78 is 43.6. The average molecular weight is 315 g/mol. The lowest BCUT2D eigenvalue weighted by Crippen LogP contribution is -2.43. The minimum absolute atomic E-state index is 0.0810. The van der Waals surface area contributed by atoms with Gasteiger partial charge in [0.1, 0.15) is 0 Å². The molecule has 0 aromatic heterocycles. The van der Waals surface area contributed by atoms with Crippen LogP contribution in [0.15, 0.2) is 24.3 Å². The number of likely N-dealkylation sites (tertiary alicyclic amines) is 1. The van der Waals surface area contributed by atoms with Crippen molar-refractivity contribution in [1.29, 1.82) is 0 Å². The SMILES string of the molecule is COC(=O)[C@@H]1CCCN(C(=O)c2ccccc2C(F)(F)F)C1. The van der Waals surface area contributed by atoms with Gasteiger partial charge in [0, 0.05) is 13.1 Å². The third-order valence-corrected chi connectivity index (χ3v) is 3.71. The van der Waals surface area contributed by atoms with Crippen molar-refractivity contribution in [2.24, 2.45) is 5.92 Å². The molecular formula is C15H16F3NO3. The van der Waals surface area contributed by atoms with Crippen molar-refractivity contribution in [3.63, 3.8) is 0 Å². The van der Waals surface area contributed by atoms with E-state index in [1.54, 1.807) is 0 Å². The first-order valence-electron chi connectivity index (χ1n) is 6.88. The molecule has 1 aliphatic heterocycles. The predicted octanol–water partition coefficient (Wildman–Crippen LogP) is 2.73. The number of methoxy groups -OCH3 is 1. The third kappa shape index (κ3) is 3.40. The number of alkyl halides is 3. The van der Waals surface area contributed by atoms with E-state index in [1.807, 2.05) is 0 Å². The van der Waals surface area contributed by atoms with Gasteiger partial charge in [-0.1, -0.05) is 12.1 Å². The number of amides is 1. The molecule has 0 aliphatic carbocycles. The van der Waals surface area contributed by atoms with Crippen LogP contribution in [0.4, 0.5) is 13.2 Å². The molecule has 1 aliphatic rings. The lowest BCUT2D eigenvalue weighted by Gasteiger charge is -2.32. The lowest BCUT2D eigenvalue weighted by molar-refractivity contribution is -0.147. The van der Waals surface area contributed by atoms with Crippen LogP contribution in [0.5, 0.6) is 0 Å². The Labute approximate surface area is 125 Å². The summed E-state index contributed by atoms with van der Waals surface area (Å²) in [5, 5.41) is 0. The Hall–Kier alpha value is -2.05. The molecule has 0 unspecified atom stereocenters. The van der Waals surface area contributed by atoms with Crippen molar-refractivity contribution in [3.05, 3.63) is 35.4 Å². The molecule has 7 heteroatoms. The highest BCUT2D eigenvalue weighted by Crippen LogP contribution is 2.33. The Morgan fingerprint density at radius 2 is 1.95 bits per heavy atom. The zero-order valence-corrected chi connectivity index (χ0v) is 12.0. The van der Waals surface area contributed by atoms with Crippen LogP contribution in [0.3, 0.4) is 0 Å². The highest BCUT2D eigenvalue weighted by molar-refractivity contribution is 5.96. The summed E-state index contributed by atoms with van der Waals surface area (Å²) in [6.45, 7) is 0.413. The van der Waals surface area contributed by atoms with Crippen molar-refractivity contribution in [1.82, 2.24) is 4.90 Å². The van der Waals surface area contributed by atoms with Gasteiger partial charge in [-0.25, -0.2) is 0 Å². The standard InChI is InChI=1S/C15H16F3NO3/c1-22-14(21)10-5-4-8-19(9-10)13(20)11-6-2-3-7-12(11)15(16,17)18/h2-3,6-7,10H,4-5,8-9H2,1H3/t10-/m1/s1. The van der Waals surface area contributed by atoms with Crippen LogP contribution < -0.4 is 0 Å². The summed E-state index contributed by atoms with van der Waals surface area (Å²) in [5.74, 6) is -1.64. The highest BCUT2D eigenvalue weighted by atomic mass is 19.4. The Balaban J connectivity index is 2.23. The van der Waals surface area contributed by atoms with Crippen molar-refractivity contribution in [2.75, 3.05) is 20.2 Å². The molecule has 2 rings (SSSR count). The van der Waals surface area contributed by atoms with Crippen LogP contribution in [0, 0.1) is 5.92 Å². The Morgan fingerprint density at radius 3 is 2.59 bits per heavy atom. The van der Waals surface area contributed by atoms with Crippen LogP contribution in [-0.2, 0) is 15.7 Å². The summed E-state index contributed by atoms with van der Waals surface area (Å²) in [6.07, 6.45) is -3.47. The van der Waals surface area contributed by atoms with Gasteiger partial charge in [0.25, 0.3) is 5.91 Å². The van der Waals surface area contributed by atoms with Crippen molar-refractivity contribution < 1.29 is 27.5 Å². The minimum atomic E-state index is -4.59. The van der Waals surface area contributed by atoms with Gasteiger partial charge in [0.05, 0.1) is 24.2 Å². The summed E-state index contributed by atoms with van der Waals surface area (Å²) in [6, 6.07) is 4.68. The number of hydrogen-bond donors (Lipinski definition) is 0. The van der Waals surface area contributed by atoms with Crippen molar-refractivity contribution >= 4 is 11.9 Å². The van der Waals surface area contributed by atoms with Crippen molar-refractivity contribution in [2.45, 2.75) is 19.0 Å². The van der Waals surface area contributed by atoms with Crippen LogP contribution in [-0.4, -0.2) is 37.0 Å². The van der Waals surface area contributed by atoms with Gasteiger partial charge in [-0.2, -0.15) is 13.2 Å². The fourth-order valence-corrected chi connectivity index (χ4v) is 2.61. The van der Waals surface area contributed by atoms with Gasteiger partial charge < -0.3 is 9.64 Å². The van der Waals surface area contributed by atoms with E-state index in [2.05, 4.69) is 4.74 Å². The number of rotatable bonds is 2. The van der Waals surface area contributed by atoms with Gasteiger partial charge in [0.2, 0.25) is 0 Å². The second kappa shape index (κ2) is 6.37. The number of nitrogens with zero attached hydrogens (tertiary/aromatic N) is 1. The molecular weight excluding hydrogens is 299 g/mol. The van der Waals surface area contributed by atoms with Gasteiger partial charge in [0.15, 0.2) is 0 Å².